The number of aliphatic hydroxyl groups is 1. The molecule has 0 saturated carbocycles. The maximum Gasteiger partial charge on any atom is 1.00 e. The van der Waals surface area contributed by atoms with Crippen LogP contribution in [0.4, 0.5) is 0 Å². The molecule has 2 unspecified atom stereocenters. The Morgan fingerprint density at radius 2 is 1.58 bits per heavy atom. The largest absolute Gasteiger partial charge is 1.00 e. The Hall–Kier alpha value is 0.870. The van der Waals surface area contributed by atoms with Gasteiger partial charge in [0.2, 0.25) is 0 Å². The third-order valence-electron chi connectivity index (χ3n) is 3.21. The molecule has 19 heavy (non-hydrogen) atoms. The first kappa shape index (κ1) is 22.2. The van der Waals surface area contributed by atoms with E-state index in [0.29, 0.717) is 19.3 Å². The zero-order chi connectivity index (χ0) is 14.0. The average molecular weight is 302 g/mol. The average Bonchev–Trinajstić information content (AvgIpc) is 2.28. The van der Waals surface area contributed by atoms with E-state index in [2.05, 4.69) is 6.92 Å². The van der Waals surface area contributed by atoms with Gasteiger partial charge < -0.3 is 9.66 Å². The van der Waals surface area contributed by atoms with Gasteiger partial charge in [-0.25, -0.2) is 8.42 Å². The van der Waals surface area contributed by atoms with Crippen LogP contribution < -0.4 is 29.6 Å². The minimum absolute atomic E-state index is 0. The van der Waals surface area contributed by atoms with E-state index >= 15 is 0 Å². The molecular formula is C13H27NaO4S. The van der Waals surface area contributed by atoms with Crippen LogP contribution >= 0.6 is 0 Å². The van der Waals surface area contributed by atoms with Crippen LogP contribution in [0.15, 0.2) is 0 Å². The molecule has 0 heterocycles. The van der Waals surface area contributed by atoms with Gasteiger partial charge in [-0.3, -0.25) is 0 Å². The Morgan fingerprint density at radius 1 is 1.00 bits per heavy atom. The van der Waals surface area contributed by atoms with Crippen molar-refractivity contribution >= 4 is 10.1 Å². The van der Waals surface area contributed by atoms with E-state index in [4.69, 9.17) is 0 Å². The minimum atomic E-state index is -4.28. The molecule has 2 atom stereocenters. The van der Waals surface area contributed by atoms with Crippen LogP contribution in [-0.2, 0) is 10.1 Å². The summed E-state index contributed by atoms with van der Waals surface area (Å²) >= 11 is 0. The van der Waals surface area contributed by atoms with Gasteiger partial charge in [-0.05, 0) is 19.3 Å². The third kappa shape index (κ3) is 12.3. The molecule has 0 rings (SSSR count). The third-order valence-corrected chi connectivity index (χ3v) is 4.46. The predicted octanol–water partition coefficient (Wildman–Crippen LogP) is -0.184. The van der Waals surface area contributed by atoms with Crippen LogP contribution in [0.2, 0.25) is 0 Å². The summed E-state index contributed by atoms with van der Waals surface area (Å²) in [5, 5.41) is 8.86. The second-order valence-corrected chi connectivity index (χ2v) is 6.65. The van der Waals surface area contributed by atoms with Crippen LogP contribution in [0.25, 0.3) is 0 Å². The molecule has 0 fully saturated rings. The summed E-state index contributed by atoms with van der Waals surface area (Å²) in [6.45, 7) is 4.07. The monoisotopic (exact) mass is 302 g/mol. The van der Waals surface area contributed by atoms with Crippen molar-refractivity contribution in [2.45, 2.75) is 83.0 Å². The number of hydrogen-bond acceptors (Lipinski definition) is 4. The zero-order valence-electron chi connectivity index (χ0n) is 12.6. The number of unbranched alkanes of at least 4 members (excludes halogenated alkanes) is 4. The quantitative estimate of drug-likeness (QED) is 0.326. The molecule has 0 aromatic carbocycles. The first-order valence-electron chi connectivity index (χ1n) is 7.04. The van der Waals surface area contributed by atoms with Crippen molar-refractivity contribution in [2.75, 3.05) is 0 Å². The van der Waals surface area contributed by atoms with E-state index in [9.17, 15) is 18.1 Å². The fourth-order valence-corrected chi connectivity index (χ4v) is 2.95. The first-order valence-corrected chi connectivity index (χ1v) is 8.51. The molecule has 0 aromatic heterocycles. The van der Waals surface area contributed by atoms with E-state index in [1.807, 2.05) is 6.92 Å². The van der Waals surface area contributed by atoms with Gasteiger partial charge in [-0.1, -0.05) is 52.4 Å². The van der Waals surface area contributed by atoms with Crippen molar-refractivity contribution in [3.05, 3.63) is 0 Å². The Balaban J connectivity index is 0. The van der Waals surface area contributed by atoms with Crippen LogP contribution in [0.1, 0.15) is 71.6 Å². The Kier molecular flexibility index (Phi) is 14.7. The van der Waals surface area contributed by atoms with Gasteiger partial charge in [0.25, 0.3) is 0 Å². The Morgan fingerprint density at radius 3 is 2.05 bits per heavy atom. The summed E-state index contributed by atoms with van der Waals surface area (Å²) in [4.78, 5) is 0. The van der Waals surface area contributed by atoms with Crippen molar-refractivity contribution in [3.63, 3.8) is 0 Å². The van der Waals surface area contributed by atoms with Crippen LogP contribution in [0, 0.1) is 0 Å². The fourth-order valence-electron chi connectivity index (χ4n) is 2.04. The Labute approximate surface area is 140 Å². The molecule has 4 nitrogen and oxygen atoms in total. The van der Waals surface area contributed by atoms with Gasteiger partial charge in [0.1, 0.15) is 0 Å². The number of hydrogen-bond donors (Lipinski definition) is 1. The van der Waals surface area contributed by atoms with Crippen molar-refractivity contribution in [1.82, 2.24) is 0 Å². The zero-order valence-corrected chi connectivity index (χ0v) is 15.4. The summed E-state index contributed by atoms with van der Waals surface area (Å²) in [6, 6.07) is 0. The molecule has 0 radical (unpaired) electrons. The molecule has 6 heteroatoms. The van der Waals surface area contributed by atoms with Crippen LogP contribution in [0.5, 0.6) is 0 Å². The first-order chi connectivity index (χ1) is 8.41. The van der Waals surface area contributed by atoms with Crippen LogP contribution in [-0.4, -0.2) is 29.4 Å². The van der Waals surface area contributed by atoms with Crippen molar-refractivity contribution in [2.24, 2.45) is 0 Å². The molecule has 0 aromatic rings. The fraction of sp³-hybridized carbons (Fsp3) is 1.00. The topological polar surface area (TPSA) is 77.4 Å². The molecule has 0 spiro atoms. The second-order valence-electron chi connectivity index (χ2n) is 5.00. The van der Waals surface area contributed by atoms with E-state index in [1.165, 1.54) is 0 Å². The van der Waals surface area contributed by atoms with E-state index in [-0.39, 0.29) is 36.0 Å². The van der Waals surface area contributed by atoms with Gasteiger partial charge in [0, 0.05) is 0 Å². The molecule has 0 aliphatic carbocycles. The predicted molar refractivity (Wildman–Crippen MR) is 72.4 cm³/mol. The maximum absolute atomic E-state index is 11.1. The van der Waals surface area contributed by atoms with Gasteiger partial charge in [-0.2, -0.15) is 0 Å². The molecule has 0 bridgehead atoms. The van der Waals surface area contributed by atoms with Gasteiger partial charge in [0.05, 0.1) is 21.5 Å². The van der Waals surface area contributed by atoms with Crippen molar-refractivity contribution in [3.8, 4) is 0 Å². The van der Waals surface area contributed by atoms with E-state index in [0.717, 1.165) is 32.1 Å². The van der Waals surface area contributed by atoms with Gasteiger partial charge in [0.15, 0.2) is 0 Å². The summed E-state index contributed by atoms with van der Waals surface area (Å²) in [7, 11) is -4.28. The molecule has 0 saturated heterocycles. The second kappa shape index (κ2) is 12.6. The van der Waals surface area contributed by atoms with Gasteiger partial charge in [-0.15, -0.1) is 0 Å². The summed E-state index contributed by atoms with van der Waals surface area (Å²) in [5.74, 6) is 0. The molecule has 0 aliphatic rings. The molecule has 1 N–H and O–H groups in total. The van der Waals surface area contributed by atoms with Crippen LogP contribution in [0.3, 0.4) is 0 Å². The normalized spacial score (nSPS) is 14.7. The number of aliphatic hydroxyl groups excluding tert-OH is 1. The van der Waals surface area contributed by atoms with E-state index in [1.54, 1.807) is 0 Å². The maximum atomic E-state index is 11.1. The van der Waals surface area contributed by atoms with Crippen molar-refractivity contribution < 1.29 is 47.6 Å². The molecule has 0 aliphatic heterocycles. The summed E-state index contributed by atoms with van der Waals surface area (Å²) < 4.78 is 33.2. The van der Waals surface area contributed by atoms with Crippen molar-refractivity contribution in [1.29, 1.82) is 0 Å². The summed E-state index contributed by atoms with van der Waals surface area (Å²) in [5.41, 5.74) is 0. The van der Waals surface area contributed by atoms with Gasteiger partial charge >= 0.3 is 29.6 Å². The Bertz CT molecular complexity index is 293. The molecule has 110 valence electrons. The number of rotatable bonds is 11. The van der Waals surface area contributed by atoms with E-state index < -0.39 is 21.5 Å². The minimum Gasteiger partial charge on any atom is -0.748 e. The summed E-state index contributed by atoms with van der Waals surface area (Å²) in [6.07, 6.45) is 6.19. The SMILES string of the molecule is CCCCCCC(O)CC(CCCC)S(=O)(=O)[O-].[Na+]. The molecular weight excluding hydrogens is 275 g/mol. The standard InChI is InChI=1S/C13H28O4S.Na/c1-3-5-7-8-9-12(14)11-13(10-6-4-2)18(15,16)17;/h12-14H,3-11H2,1-2H3,(H,15,16,17);/q;+1/p-1. The smallest absolute Gasteiger partial charge is 0.748 e. The molecule has 0 amide bonds.